The van der Waals surface area contributed by atoms with Gasteiger partial charge in [-0.05, 0) is 48.6 Å². The first kappa shape index (κ1) is 15.8. The summed E-state index contributed by atoms with van der Waals surface area (Å²) in [4.78, 5) is 13.4. The zero-order valence-electron chi connectivity index (χ0n) is 14.3. The fraction of sp³-hybridized carbons (Fsp3) is 0.350. The second-order valence-electron chi connectivity index (χ2n) is 6.58. The van der Waals surface area contributed by atoms with Gasteiger partial charge in [-0.15, -0.1) is 0 Å². The largest absolute Gasteiger partial charge is 0.329 e. The third kappa shape index (κ3) is 3.15. The van der Waals surface area contributed by atoms with Crippen LogP contribution in [0.25, 0.3) is 11.1 Å². The van der Waals surface area contributed by atoms with Crippen molar-refractivity contribution in [1.82, 2.24) is 10.2 Å². The van der Waals surface area contributed by atoms with Crippen LogP contribution in [0.15, 0.2) is 36.4 Å². The normalized spacial score (nSPS) is 17.8. The van der Waals surface area contributed by atoms with E-state index >= 15 is 0 Å². The molecule has 1 saturated heterocycles. The maximum Gasteiger partial charge on any atom is 0.237 e. The maximum absolute atomic E-state index is 11.6. The van der Waals surface area contributed by atoms with Crippen LogP contribution in [-0.2, 0) is 11.2 Å². The van der Waals surface area contributed by atoms with E-state index < -0.39 is 0 Å². The lowest BCUT2D eigenvalue weighted by Gasteiger charge is -2.19. The van der Waals surface area contributed by atoms with Crippen molar-refractivity contribution in [2.24, 2.45) is 0 Å². The molecule has 3 rings (SSSR count). The number of aryl methyl sites for hydroxylation is 3. The monoisotopic (exact) mass is 308 g/mol. The molecule has 0 bridgehead atoms. The summed E-state index contributed by atoms with van der Waals surface area (Å²) in [5.41, 5.74) is 7.77. The number of hydrogen-bond donors (Lipinski definition) is 1. The number of carbonyl (C=O) groups excluding carboxylic acids is 1. The van der Waals surface area contributed by atoms with Gasteiger partial charge in [-0.2, -0.15) is 0 Å². The molecule has 3 nitrogen and oxygen atoms in total. The Morgan fingerprint density at radius 2 is 1.70 bits per heavy atom. The van der Waals surface area contributed by atoms with E-state index in [1.807, 2.05) is 7.05 Å². The molecule has 1 aliphatic heterocycles. The van der Waals surface area contributed by atoms with Crippen LogP contribution in [0.1, 0.15) is 22.3 Å². The Balaban J connectivity index is 1.82. The number of nitrogens with one attached hydrogen (secondary N) is 1. The predicted octanol–water partition coefficient (Wildman–Crippen LogP) is 3.21. The Bertz CT molecular complexity index is 711. The van der Waals surface area contributed by atoms with Gasteiger partial charge in [0.2, 0.25) is 5.91 Å². The number of amides is 1. The van der Waals surface area contributed by atoms with Crippen molar-refractivity contribution >= 4 is 5.91 Å². The molecule has 0 saturated carbocycles. The van der Waals surface area contributed by atoms with E-state index in [1.165, 1.54) is 33.4 Å². The highest BCUT2D eigenvalue weighted by Gasteiger charge is 2.26. The lowest BCUT2D eigenvalue weighted by atomic mass is 9.93. The van der Waals surface area contributed by atoms with Gasteiger partial charge in [0.05, 0.1) is 12.7 Å². The van der Waals surface area contributed by atoms with Crippen LogP contribution >= 0.6 is 0 Å². The first-order valence-electron chi connectivity index (χ1n) is 8.12. The number of benzene rings is 2. The highest BCUT2D eigenvalue weighted by Crippen LogP contribution is 2.28. The minimum absolute atomic E-state index is 0.108. The van der Waals surface area contributed by atoms with Gasteiger partial charge in [-0.1, -0.05) is 42.0 Å². The van der Waals surface area contributed by atoms with E-state index in [0.717, 1.165) is 6.42 Å². The van der Waals surface area contributed by atoms with Gasteiger partial charge >= 0.3 is 0 Å². The molecule has 1 fully saturated rings. The van der Waals surface area contributed by atoms with Gasteiger partial charge in [-0.25, -0.2) is 0 Å². The number of carbonyl (C=O) groups is 1. The highest BCUT2D eigenvalue weighted by atomic mass is 16.2. The third-order valence-electron chi connectivity index (χ3n) is 4.70. The Labute approximate surface area is 138 Å². The fourth-order valence-electron chi connectivity index (χ4n) is 3.52. The van der Waals surface area contributed by atoms with Gasteiger partial charge in [0, 0.05) is 13.5 Å². The molecule has 23 heavy (non-hydrogen) atoms. The molecular weight excluding hydrogens is 284 g/mol. The van der Waals surface area contributed by atoms with E-state index in [-0.39, 0.29) is 12.1 Å². The maximum atomic E-state index is 11.6. The van der Waals surface area contributed by atoms with Gasteiger partial charge in [-0.3, -0.25) is 10.1 Å². The Morgan fingerprint density at radius 1 is 1.09 bits per heavy atom. The number of nitrogens with zero attached hydrogens (tertiary/aromatic N) is 1. The zero-order valence-corrected chi connectivity index (χ0v) is 14.3. The van der Waals surface area contributed by atoms with E-state index in [9.17, 15) is 4.79 Å². The van der Waals surface area contributed by atoms with Crippen molar-refractivity contribution in [3.8, 4) is 11.1 Å². The average molecular weight is 308 g/mol. The predicted molar refractivity (Wildman–Crippen MR) is 94.4 cm³/mol. The smallest absolute Gasteiger partial charge is 0.237 e. The van der Waals surface area contributed by atoms with E-state index in [2.05, 4.69) is 62.5 Å². The Kier molecular flexibility index (Phi) is 4.22. The molecule has 1 amide bonds. The zero-order chi connectivity index (χ0) is 16.6. The average Bonchev–Trinajstić information content (AvgIpc) is 2.80. The highest BCUT2D eigenvalue weighted by molar-refractivity contribution is 5.80. The van der Waals surface area contributed by atoms with Crippen LogP contribution in [0.2, 0.25) is 0 Å². The summed E-state index contributed by atoms with van der Waals surface area (Å²) in [5.74, 6) is 0.164. The molecule has 0 spiro atoms. The molecular formula is C20H24N2O. The second-order valence-corrected chi connectivity index (χ2v) is 6.58. The lowest BCUT2D eigenvalue weighted by Crippen LogP contribution is -2.35. The van der Waals surface area contributed by atoms with Gasteiger partial charge < -0.3 is 4.90 Å². The topological polar surface area (TPSA) is 32.3 Å². The number of likely N-dealkylation sites (N-methyl/N-ethyl adjacent to an activating group) is 1. The van der Waals surface area contributed by atoms with Gasteiger partial charge in [0.25, 0.3) is 0 Å². The third-order valence-corrected chi connectivity index (χ3v) is 4.70. The molecule has 0 radical (unpaired) electrons. The minimum Gasteiger partial charge on any atom is -0.329 e. The number of rotatable bonds is 3. The molecule has 0 aliphatic carbocycles. The second kappa shape index (κ2) is 6.17. The van der Waals surface area contributed by atoms with Crippen LogP contribution in [0, 0.1) is 20.8 Å². The summed E-state index contributed by atoms with van der Waals surface area (Å²) in [6.45, 7) is 6.93. The van der Waals surface area contributed by atoms with E-state index in [4.69, 9.17) is 0 Å². The van der Waals surface area contributed by atoms with Crippen molar-refractivity contribution in [1.29, 1.82) is 0 Å². The van der Waals surface area contributed by atoms with Crippen LogP contribution < -0.4 is 5.32 Å². The van der Waals surface area contributed by atoms with Crippen LogP contribution in [0.5, 0.6) is 0 Å². The molecule has 0 aromatic heterocycles. The summed E-state index contributed by atoms with van der Waals surface area (Å²) < 4.78 is 0. The molecule has 2 aromatic carbocycles. The van der Waals surface area contributed by atoms with Crippen molar-refractivity contribution < 1.29 is 4.79 Å². The fourth-order valence-corrected chi connectivity index (χ4v) is 3.52. The molecule has 1 N–H and O–H groups in total. The lowest BCUT2D eigenvalue weighted by molar-refractivity contribution is -0.126. The van der Waals surface area contributed by atoms with E-state index in [0.29, 0.717) is 6.54 Å². The SMILES string of the molecule is Cc1cc(C)c(-c2ccc(C[C@H]3NCC(=O)N3C)cc2)c(C)c1. The van der Waals surface area contributed by atoms with Crippen LogP contribution in [-0.4, -0.2) is 30.6 Å². The van der Waals surface area contributed by atoms with Gasteiger partial charge in [0.15, 0.2) is 0 Å². The Morgan fingerprint density at radius 3 is 2.22 bits per heavy atom. The number of hydrogen-bond acceptors (Lipinski definition) is 2. The molecule has 1 aliphatic rings. The standard InChI is InChI=1S/C20H24N2O/c1-13-9-14(2)20(15(3)10-13)17-7-5-16(6-8-17)11-18-21-12-19(23)22(18)4/h5-10,18,21H,11-12H2,1-4H3/t18-/m0/s1. The molecule has 1 heterocycles. The van der Waals surface area contributed by atoms with Crippen LogP contribution in [0.3, 0.4) is 0 Å². The summed E-state index contributed by atoms with van der Waals surface area (Å²) in [6, 6.07) is 13.2. The minimum atomic E-state index is 0.108. The van der Waals surface area contributed by atoms with Crippen molar-refractivity contribution in [2.45, 2.75) is 33.4 Å². The Hall–Kier alpha value is -2.13. The van der Waals surface area contributed by atoms with Crippen molar-refractivity contribution in [2.75, 3.05) is 13.6 Å². The molecule has 2 aromatic rings. The summed E-state index contributed by atoms with van der Waals surface area (Å²) in [6.07, 6.45) is 0.949. The van der Waals surface area contributed by atoms with Crippen molar-refractivity contribution in [3.63, 3.8) is 0 Å². The molecule has 1 atom stereocenters. The summed E-state index contributed by atoms with van der Waals surface area (Å²) >= 11 is 0. The first-order chi connectivity index (χ1) is 11.0. The summed E-state index contributed by atoms with van der Waals surface area (Å²) in [7, 11) is 1.86. The van der Waals surface area contributed by atoms with Gasteiger partial charge in [0.1, 0.15) is 0 Å². The van der Waals surface area contributed by atoms with Crippen molar-refractivity contribution in [3.05, 3.63) is 58.7 Å². The van der Waals surface area contributed by atoms with E-state index in [1.54, 1.807) is 4.90 Å². The first-order valence-corrected chi connectivity index (χ1v) is 8.12. The molecule has 120 valence electrons. The molecule has 0 unspecified atom stereocenters. The summed E-state index contributed by atoms with van der Waals surface area (Å²) in [5, 5.41) is 3.25. The van der Waals surface area contributed by atoms with Crippen LogP contribution in [0.4, 0.5) is 0 Å². The quantitative estimate of drug-likeness (QED) is 0.944. The molecule has 3 heteroatoms.